The fourth-order valence-corrected chi connectivity index (χ4v) is 2.80. The molecule has 1 N–H and O–H groups in total. The average Bonchev–Trinajstić information content (AvgIpc) is 2.76. The summed E-state index contributed by atoms with van der Waals surface area (Å²) in [5, 5.41) is 7.04. The van der Waals surface area contributed by atoms with Crippen molar-refractivity contribution in [3.8, 4) is 0 Å². The molecular weight excluding hydrogens is 218 g/mol. The predicted octanol–water partition coefficient (Wildman–Crippen LogP) is 1.89. The lowest BCUT2D eigenvalue weighted by atomic mass is 10.1. The van der Waals surface area contributed by atoms with Crippen LogP contribution < -0.4 is 5.32 Å². The topological polar surface area (TPSA) is 28.2 Å². The Morgan fingerprint density at radius 3 is 2.88 bits per heavy atom. The van der Waals surface area contributed by atoms with Crippen molar-refractivity contribution in [2.75, 3.05) is 20.1 Å². The molecule has 1 saturated heterocycles. The van der Waals surface area contributed by atoms with Crippen LogP contribution in [-0.4, -0.2) is 36.1 Å². The van der Waals surface area contributed by atoms with Gasteiger partial charge in [-0.05, 0) is 39.4 Å². The van der Waals surface area contributed by atoms with E-state index >= 15 is 0 Å². The molecule has 0 amide bonds. The molecule has 2 heterocycles. The lowest BCUT2D eigenvalue weighted by Crippen LogP contribution is -2.40. The van der Waals surface area contributed by atoms with Crippen molar-refractivity contribution in [1.29, 1.82) is 0 Å². The molecule has 2 rings (SSSR count). The number of rotatable bonds is 4. The zero-order valence-electron chi connectivity index (χ0n) is 10.2. The molecule has 0 saturated carbocycles. The number of thiazole rings is 1. The Kier molecular flexibility index (Phi) is 4.32. The third kappa shape index (κ3) is 3.27. The summed E-state index contributed by atoms with van der Waals surface area (Å²) in [7, 11) is 2.20. The van der Waals surface area contributed by atoms with Crippen LogP contribution in [0.1, 0.15) is 30.5 Å². The average molecular weight is 239 g/mol. The van der Waals surface area contributed by atoms with E-state index in [1.165, 1.54) is 36.6 Å². The second-order valence-corrected chi connectivity index (χ2v) is 5.49. The molecule has 0 radical (unpaired) electrons. The zero-order chi connectivity index (χ0) is 11.4. The van der Waals surface area contributed by atoms with Gasteiger partial charge in [0.05, 0.1) is 10.7 Å². The molecule has 0 aromatic carbocycles. The highest BCUT2D eigenvalue weighted by Crippen LogP contribution is 2.12. The number of nitrogens with zero attached hydrogens (tertiary/aromatic N) is 2. The largest absolute Gasteiger partial charge is 0.308 e. The van der Waals surface area contributed by atoms with Gasteiger partial charge in [0.15, 0.2) is 0 Å². The lowest BCUT2D eigenvalue weighted by Gasteiger charge is -2.29. The number of nitrogens with one attached hydrogen (secondary N) is 1. The van der Waals surface area contributed by atoms with Crippen molar-refractivity contribution in [2.45, 2.75) is 38.8 Å². The second-order valence-electron chi connectivity index (χ2n) is 4.54. The van der Waals surface area contributed by atoms with Crippen molar-refractivity contribution >= 4 is 11.3 Å². The minimum atomic E-state index is 0.683. The van der Waals surface area contributed by atoms with E-state index in [4.69, 9.17) is 0 Å². The molecule has 1 aliphatic heterocycles. The van der Waals surface area contributed by atoms with Crippen LogP contribution in [0.3, 0.4) is 0 Å². The Bertz CT molecular complexity index is 316. The van der Waals surface area contributed by atoms with E-state index in [1.807, 2.05) is 0 Å². The van der Waals surface area contributed by atoms with Gasteiger partial charge in [0.2, 0.25) is 0 Å². The van der Waals surface area contributed by atoms with Crippen molar-refractivity contribution < 1.29 is 0 Å². The van der Waals surface area contributed by atoms with Gasteiger partial charge in [-0.2, -0.15) is 0 Å². The van der Waals surface area contributed by atoms with Crippen LogP contribution in [0.4, 0.5) is 0 Å². The second kappa shape index (κ2) is 5.75. The Labute approximate surface area is 102 Å². The van der Waals surface area contributed by atoms with Crippen molar-refractivity contribution in [3.63, 3.8) is 0 Å². The molecule has 16 heavy (non-hydrogen) atoms. The summed E-state index contributed by atoms with van der Waals surface area (Å²) in [6, 6.07) is 0.683. The third-order valence-corrected chi connectivity index (χ3v) is 4.23. The first kappa shape index (κ1) is 12.0. The first-order valence-corrected chi connectivity index (χ1v) is 7.01. The van der Waals surface area contributed by atoms with E-state index in [0.29, 0.717) is 6.04 Å². The van der Waals surface area contributed by atoms with Gasteiger partial charge in [-0.15, -0.1) is 11.3 Å². The summed E-state index contributed by atoms with van der Waals surface area (Å²) in [5.74, 6) is 0. The normalized spacial score (nSPS) is 19.1. The maximum absolute atomic E-state index is 4.57. The molecule has 4 heteroatoms. The highest BCUT2D eigenvalue weighted by atomic mass is 32.1. The van der Waals surface area contributed by atoms with Gasteiger partial charge < -0.3 is 10.2 Å². The maximum atomic E-state index is 4.57. The Morgan fingerprint density at radius 2 is 2.25 bits per heavy atom. The van der Waals surface area contributed by atoms with Gasteiger partial charge in [0.25, 0.3) is 0 Å². The molecular formula is C12H21N3S. The number of likely N-dealkylation sites (tertiary alicyclic amines) is 1. The van der Waals surface area contributed by atoms with Crippen LogP contribution in [0.5, 0.6) is 0 Å². The van der Waals surface area contributed by atoms with Crippen molar-refractivity contribution in [3.05, 3.63) is 16.1 Å². The van der Waals surface area contributed by atoms with Crippen molar-refractivity contribution in [1.82, 2.24) is 15.2 Å². The van der Waals surface area contributed by atoms with Gasteiger partial charge in [0.1, 0.15) is 0 Å². The van der Waals surface area contributed by atoms with Crippen LogP contribution in [0, 0.1) is 0 Å². The maximum Gasteiger partial charge on any atom is 0.0926 e. The Morgan fingerprint density at radius 1 is 1.50 bits per heavy atom. The fraction of sp³-hybridized carbons (Fsp3) is 0.750. The van der Waals surface area contributed by atoms with Gasteiger partial charge in [-0.1, -0.05) is 6.92 Å². The molecule has 0 unspecified atom stereocenters. The molecule has 1 aromatic rings. The van der Waals surface area contributed by atoms with E-state index < -0.39 is 0 Å². The molecule has 0 spiro atoms. The van der Waals surface area contributed by atoms with Gasteiger partial charge >= 0.3 is 0 Å². The van der Waals surface area contributed by atoms with E-state index in [1.54, 1.807) is 11.3 Å². The number of aryl methyl sites for hydroxylation is 1. The molecule has 0 bridgehead atoms. The summed E-state index contributed by atoms with van der Waals surface area (Å²) >= 11 is 1.78. The zero-order valence-corrected chi connectivity index (χ0v) is 11.0. The molecule has 1 aromatic heterocycles. The van der Waals surface area contributed by atoms with Gasteiger partial charge in [0, 0.05) is 18.0 Å². The molecule has 0 aliphatic carbocycles. The lowest BCUT2D eigenvalue weighted by molar-refractivity contribution is 0.234. The Balaban J connectivity index is 1.74. The van der Waals surface area contributed by atoms with E-state index in [-0.39, 0.29) is 0 Å². The first-order valence-electron chi connectivity index (χ1n) is 6.13. The molecule has 1 fully saturated rings. The van der Waals surface area contributed by atoms with E-state index in [2.05, 4.69) is 34.6 Å². The SMILES string of the molecule is CCc1nc(CNC2CCN(C)CC2)cs1. The van der Waals surface area contributed by atoms with Crippen LogP contribution in [0.15, 0.2) is 5.38 Å². The molecule has 1 aliphatic rings. The standard InChI is InChI=1S/C12H21N3S/c1-3-12-14-11(9-16-12)8-13-10-4-6-15(2)7-5-10/h9-10,13H,3-8H2,1-2H3. The highest BCUT2D eigenvalue weighted by molar-refractivity contribution is 7.09. The third-order valence-electron chi connectivity index (χ3n) is 3.19. The number of piperidine rings is 1. The minimum absolute atomic E-state index is 0.683. The summed E-state index contributed by atoms with van der Waals surface area (Å²) < 4.78 is 0. The van der Waals surface area contributed by atoms with Crippen LogP contribution in [0.25, 0.3) is 0 Å². The van der Waals surface area contributed by atoms with Crippen LogP contribution in [-0.2, 0) is 13.0 Å². The number of aromatic nitrogens is 1. The fourth-order valence-electron chi connectivity index (χ4n) is 2.05. The number of hydrogen-bond acceptors (Lipinski definition) is 4. The number of hydrogen-bond donors (Lipinski definition) is 1. The van der Waals surface area contributed by atoms with Crippen LogP contribution >= 0.6 is 11.3 Å². The van der Waals surface area contributed by atoms with Gasteiger partial charge in [-0.25, -0.2) is 4.98 Å². The smallest absolute Gasteiger partial charge is 0.0926 e. The van der Waals surface area contributed by atoms with Crippen molar-refractivity contribution in [2.24, 2.45) is 0 Å². The first-order chi connectivity index (χ1) is 7.78. The Hall–Kier alpha value is -0.450. The minimum Gasteiger partial charge on any atom is -0.308 e. The molecule has 0 atom stereocenters. The van der Waals surface area contributed by atoms with Crippen LogP contribution in [0.2, 0.25) is 0 Å². The van der Waals surface area contributed by atoms with Gasteiger partial charge in [-0.3, -0.25) is 0 Å². The monoisotopic (exact) mass is 239 g/mol. The summed E-state index contributed by atoms with van der Waals surface area (Å²) in [6.45, 7) is 5.53. The quantitative estimate of drug-likeness (QED) is 0.869. The molecule has 90 valence electrons. The summed E-state index contributed by atoms with van der Waals surface area (Å²) in [4.78, 5) is 6.97. The predicted molar refractivity (Wildman–Crippen MR) is 68.9 cm³/mol. The highest BCUT2D eigenvalue weighted by Gasteiger charge is 2.15. The summed E-state index contributed by atoms with van der Waals surface area (Å²) in [6.07, 6.45) is 3.58. The van der Waals surface area contributed by atoms with E-state index in [0.717, 1.165) is 13.0 Å². The molecule has 3 nitrogen and oxygen atoms in total. The summed E-state index contributed by atoms with van der Waals surface area (Å²) in [5.41, 5.74) is 1.21. The van der Waals surface area contributed by atoms with E-state index in [9.17, 15) is 0 Å².